The summed E-state index contributed by atoms with van der Waals surface area (Å²) in [5, 5.41) is 21.8. The van der Waals surface area contributed by atoms with E-state index in [1.54, 1.807) is 0 Å². The van der Waals surface area contributed by atoms with Gasteiger partial charge in [-0.25, -0.2) is 9.78 Å². The van der Waals surface area contributed by atoms with E-state index >= 15 is 0 Å². The van der Waals surface area contributed by atoms with Crippen LogP contribution in [-0.2, 0) is 0 Å². The predicted octanol–water partition coefficient (Wildman–Crippen LogP) is 2.35. The number of alkyl halides is 3. The molecular formula is C9H8F3N3O4S. The standard InChI is InChI=1S/C9H8F3N3O4S/c10-9(11,12)20-2-1-13-7-6(15(18)19)3-5(4-14-7)8(16)17/h3-4H,1-2H2,(H,13,14)(H,16,17). The van der Waals surface area contributed by atoms with Crippen LogP contribution < -0.4 is 5.32 Å². The zero-order valence-electron chi connectivity index (χ0n) is 9.68. The molecule has 0 saturated heterocycles. The van der Waals surface area contributed by atoms with Gasteiger partial charge in [0.15, 0.2) is 0 Å². The van der Waals surface area contributed by atoms with E-state index in [-0.39, 0.29) is 35.4 Å². The lowest BCUT2D eigenvalue weighted by Gasteiger charge is -2.08. The highest BCUT2D eigenvalue weighted by Crippen LogP contribution is 2.30. The fourth-order valence-electron chi connectivity index (χ4n) is 1.18. The van der Waals surface area contributed by atoms with Crippen molar-refractivity contribution in [2.45, 2.75) is 5.51 Å². The number of rotatable bonds is 6. The second kappa shape index (κ2) is 6.41. The SMILES string of the molecule is O=C(O)c1cnc(NCCSC(F)(F)F)c([N+](=O)[O-])c1. The minimum Gasteiger partial charge on any atom is -0.478 e. The average Bonchev–Trinajstić information content (AvgIpc) is 2.33. The van der Waals surface area contributed by atoms with Gasteiger partial charge in [-0.1, -0.05) is 0 Å². The molecule has 0 saturated carbocycles. The van der Waals surface area contributed by atoms with E-state index in [1.165, 1.54) is 0 Å². The van der Waals surface area contributed by atoms with E-state index in [0.717, 1.165) is 12.3 Å². The van der Waals surface area contributed by atoms with E-state index in [4.69, 9.17) is 5.11 Å². The van der Waals surface area contributed by atoms with Crippen LogP contribution in [-0.4, -0.2) is 38.8 Å². The van der Waals surface area contributed by atoms with Crippen LogP contribution in [0.2, 0.25) is 0 Å². The lowest BCUT2D eigenvalue weighted by molar-refractivity contribution is -0.384. The molecule has 0 aliphatic carbocycles. The van der Waals surface area contributed by atoms with Crippen molar-refractivity contribution in [3.63, 3.8) is 0 Å². The fourth-order valence-corrected chi connectivity index (χ4v) is 1.62. The van der Waals surface area contributed by atoms with Gasteiger partial charge in [0, 0.05) is 24.6 Å². The van der Waals surface area contributed by atoms with Crippen LogP contribution in [0.1, 0.15) is 10.4 Å². The maximum Gasteiger partial charge on any atom is 0.441 e. The van der Waals surface area contributed by atoms with Gasteiger partial charge in [0.2, 0.25) is 5.82 Å². The van der Waals surface area contributed by atoms with Gasteiger partial charge in [-0.05, 0) is 11.8 Å². The number of carboxylic acid groups (broad SMARTS) is 1. The Hall–Kier alpha value is -2.04. The molecule has 11 heteroatoms. The zero-order valence-corrected chi connectivity index (χ0v) is 10.5. The van der Waals surface area contributed by atoms with Crippen LogP contribution in [0.25, 0.3) is 0 Å². The number of aromatic nitrogens is 1. The summed E-state index contributed by atoms with van der Waals surface area (Å²) in [6.07, 6.45) is 0.883. The Morgan fingerprint density at radius 2 is 2.20 bits per heavy atom. The summed E-state index contributed by atoms with van der Waals surface area (Å²) in [7, 11) is 0. The molecule has 1 aromatic heterocycles. The summed E-state index contributed by atoms with van der Waals surface area (Å²) in [6, 6.07) is 0.786. The molecule has 0 amide bonds. The smallest absolute Gasteiger partial charge is 0.441 e. The number of carbonyl (C=O) groups is 1. The third-order valence-corrected chi connectivity index (χ3v) is 2.71. The van der Waals surface area contributed by atoms with E-state index in [2.05, 4.69) is 10.3 Å². The van der Waals surface area contributed by atoms with E-state index in [9.17, 15) is 28.1 Å². The highest BCUT2D eigenvalue weighted by Gasteiger charge is 2.27. The summed E-state index contributed by atoms with van der Waals surface area (Å²) >= 11 is -0.279. The van der Waals surface area contributed by atoms with Crippen LogP contribution in [0.3, 0.4) is 0 Å². The third kappa shape index (κ3) is 4.91. The lowest BCUT2D eigenvalue weighted by atomic mass is 10.2. The molecule has 20 heavy (non-hydrogen) atoms. The lowest BCUT2D eigenvalue weighted by Crippen LogP contribution is -2.12. The highest BCUT2D eigenvalue weighted by atomic mass is 32.2. The second-order valence-electron chi connectivity index (χ2n) is 3.37. The van der Waals surface area contributed by atoms with Gasteiger partial charge in [0.1, 0.15) is 0 Å². The summed E-state index contributed by atoms with van der Waals surface area (Å²) in [5.41, 5.74) is -5.37. The molecule has 1 heterocycles. The monoisotopic (exact) mass is 311 g/mol. The molecule has 0 aliphatic heterocycles. The Labute approximate surface area is 114 Å². The number of hydrogen-bond donors (Lipinski definition) is 2. The van der Waals surface area contributed by atoms with E-state index in [1.807, 2.05) is 0 Å². The van der Waals surface area contributed by atoms with Crippen molar-refractivity contribution in [3.05, 3.63) is 27.9 Å². The first-order valence-electron chi connectivity index (χ1n) is 5.03. The van der Waals surface area contributed by atoms with Crippen LogP contribution in [0.5, 0.6) is 0 Å². The number of carboxylic acids is 1. The first-order valence-corrected chi connectivity index (χ1v) is 6.01. The van der Waals surface area contributed by atoms with Crippen molar-refractivity contribution in [1.29, 1.82) is 0 Å². The number of halogens is 3. The number of anilines is 1. The van der Waals surface area contributed by atoms with Crippen molar-refractivity contribution in [2.75, 3.05) is 17.6 Å². The molecule has 2 N–H and O–H groups in total. The first kappa shape index (κ1) is 16.0. The van der Waals surface area contributed by atoms with Crippen molar-refractivity contribution in [3.8, 4) is 0 Å². The largest absolute Gasteiger partial charge is 0.478 e. The van der Waals surface area contributed by atoms with Gasteiger partial charge in [-0.3, -0.25) is 10.1 Å². The number of nitro groups is 1. The van der Waals surface area contributed by atoms with Crippen molar-refractivity contribution in [1.82, 2.24) is 4.98 Å². The maximum atomic E-state index is 11.9. The fraction of sp³-hybridized carbons (Fsp3) is 0.333. The van der Waals surface area contributed by atoms with Gasteiger partial charge >= 0.3 is 17.2 Å². The topological polar surface area (TPSA) is 105 Å². The van der Waals surface area contributed by atoms with Gasteiger partial charge in [-0.2, -0.15) is 13.2 Å². The molecule has 0 unspecified atom stereocenters. The molecule has 0 aliphatic rings. The maximum absolute atomic E-state index is 11.9. The summed E-state index contributed by atoms with van der Waals surface area (Å²) in [6.45, 7) is -0.204. The number of hydrogen-bond acceptors (Lipinski definition) is 6. The average molecular weight is 311 g/mol. The minimum atomic E-state index is -4.38. The van der Waals surface area contributed by atoms with Crippen molar-refractivity contribution >= 4 is 29.2 Å². The predicted molar refractivity (Wildman–Crippen MR) is 64.9 cm³/mol. The van der Waals surface area contributed by atoms with Gasteiger partial charge < -0.3 is 10.4 Å². The van der Waals surface area contributed by atoms with Crippen LogP contribution in [0, 0.1) is 10.1 Å². The van der Waals surface area contributed by atoms with Gasteiger partial charge in [0.05, 0.1) is 10.5 Å². The quantitative estimate of drug-likeness (QED) is 0.472. The van der Waals surface area contributed by atoms with Gasteiger partial charge in [0.25, 0.3) is 0 Å². The Morgan fingerprint density at radius 3 is 2.70 bits per heavy atom. The Balaban J connectivity index is 2.75. The van der Waals surface area contributed by atoms with Crippen molar-refractivity contribution in [2.24, 2.45) is 0 Å². The molecule has 0 spiro atoms. The second-order valence-corrected chi connectivity index (χ2v) is 4.53. The summed E-state index contributed by atoms with van der Waals surface area (Å²) in [5.74, 6) is -2.02. The molecule has 0 aromatic carbocycles. The molecule has 0 atom stereocenters. The number of aromatic carboxylic acids is 1. The Kier molecular flexibility index (Phi) is 5.13. The molecule has 110 valence electrons. The van der Waals surface area contributed by atoms with Crippen LogP contribution in [0.15, 0.2) is 12.3 Å². The Morgan fingerprint density at radius 1 is 1.55 bits per heavy atom. The molecule has 0 bridgehead atoms. The number of thioether (sulfide) groups is 1. The molecular weight excluding hydrogens is 303 g/mol. The Bertz CT molecular complexity index is 524. The van der Waals surface area contributed by atoms with Crippen LogP contribution in [0.4, 0.5) is 24.7 Å². The molecule has 0 fully saturated rings. The summed E-state index contributed by atoms with van der Waals surface area (Å²) < 4.78 is 35.6. The third-order valence-electron chi connectivity index (χ3n) is 1.97. The van der Waals surface area contributed by atoms with Gasteiger partial charge in [-0.15, -0.1) is 0 Å². The minimum absolute atomic E-state index is 0.204. The number of pyridine rings is 1. The molecule has 0 radical (unpaired) electrons. The summed E-state index contributed by atoms with van der Waals surface area (Å²) in [4.78, 5) is 24.1. The molecule has 7 nitrogen and oxygen atoms in total. The van der Waals surface area contributed by atoms with E-state index in [0.29, 0.717) is 0 Å². The van der Waals surface area contributed by atoms with Crippen LogP contribution >= 0.6 is 11.8 Å². The number of nitrogens with one attached hydrogen (secondary N) is 1. The zero-order chi connectivity index (χ0) is 15.3. The normalized spacial score (nSPS) is 11.2. The number of nitrogens with zero attached hydrogens (tertiary/aromatic N) is 2. The van der Waals surface area contributed by atoms with Crippen molar-refractivity contribution < 1.29 is 28.0 Å². The highest BCUT2D eigenvalue weighted by molar-refractivity contribution is 8.00. The molecule has 1 aromatic rings. The first-order chi connectivity index (χ1) is 9.20. The molecule has 1 rings (SSSR count). The van der Waals surface area contributed by atoms with E-state index < -0.39 is 22.1 Å².